The van der Waals surface area contributed by atoms with Gasteiger partial charge < -0.3 is 9.74 Å². The number of carbonyl (C=O) groups is 1. The molecule has 1 amide bonds. The third-order valence-corrected chi connectivity index (χ3v) is 8.38. The maximum absolute atomic E-state index is 11.4. The van der Waals surface area contributed by atoms with E-state index in [9.17, 15) is 4.79 Å². The maximum Gasteiger partial charge on any atom is 0.222 e. The van der Waals surface area contributed by atoms with E-state index in [1.54, 1.807) is 0 Å². The predicted molar refractivity (Wildman–Crippen MR) is 68.9 cm³/mol. The Morgan fingerprint density at radius 2 is 2.00 bits per heavy atom. The summed E-state index contributed by atoms with van der Waals surface area (Å²) < 4.78 is 6.29. The summed E-state index contributed by atoms with van der Waals surface area (Å²) >= 11 is 0. The highest BCUT2D eigenvalue weighted by molar-refractivity contribution is 6.74. The van der Waals surface area contributed by atoms with Crippen molar-refractivity contribution in [2.75, 3.05) is 0 Å². The molecule has 0 bridgehead atoms. The van der Waals surface area contributed by atoms with Crippen LogP contribution in [0.3, 0.4) is 0 Å². The van der Waals surface area contributed by atoms with Crippen molar-refractivity contribution in [2.24, 2.45) is 0 Å². The molecule has 1 N–H and O–H groups in total. The van der Waals surface area contributed by atoms with Crippen LogP contribution in [0.1, 0.15) is 40.5 Å². The highest BCUT2D eigenvalue weighted by Gasteiger charge is 2.43. The minimum atomic E-state index is -1.75. The van der Waals surface area contributed by atoms with E-state index in [-0.39, 0.29) is 23.1 Å². The molecule has 0 aromatic heterocycles. The topological polar surface area (TPSA) is 38.3 Å². The Hall–Kier alpha value is -0.353. The molecule has 16 heavy (non-hydrogen) atoms. The molecule has 4 heteroatoms. The Morgan fingerprint density at radius 3 is 2.44 bits per heavy atom. The fraction of sp³-hybridized carbons (Fsp3) is 0.917. The lowest BCUT2D eigenvalue weighted by atomic mass is 10.1. The molecule has 0 aromatic carbocycles. The summed E-state index contributed by atoms with van der Waals surface area (Å²) in [4.78, 5) is 11.4. The van der Waals surface area contributed by atoms with Crippen molar-refractivity contribution in [3.05, 3.63) is 0 Å². The molecular weight excluding hydrogens is 218 g/mol. The number of rotatable bonds is 3. The largest absolute Gasteiger partial charge is 0.411 e. The molecule has 0 aromatic rings. The number of carbonyl (C=O) groups excluding carboxylic acids is 1. The van der Waals surface area contributed by atoms with Crippen molar-refractivity contribution >= 4 is 14.2 Å². The standard InChI is InChI=1S/C12H25NO2Si/c1-7-9-10(8-11(14)13-9)15-16(5,6)12(2,3)4/h9-10H,7-8H2,1-6H3,(H,13,14)/t9-,10-/m1/s1. The van der Waals surface area contributed by atoms with E-state index in [0.717, 1.165) is 6.42 Å². The quantitative estimate of drug-likeness (QED) is 0.774. The van der Waals surface area contributed by atoms with Crippen LogP contribution < -0.4 is 5.32 Å². The van der Waals surface area contributed by atoms with Crippen LogP contribution in [0.2, 0.25) is 18.1 Å². The molecule has 1 saturated heterocycles. The Kier molecular flexibility index (Phi) is 3.85. The van der Waals surface area contributed by atoms with Crippen LogP contribution in [0.25, 0.3) is 0 Å². The van der Waals surface area contributed by atoms with Gasteiger partial charge in [-0.25, -0.2) is 0 Å². The van der Waals surface area contributed by atoms with Crippen LogP contribution in [0.4, 0.5) is 0 Å². The third kappa shape index (κ3) is 2.86. The van der Waals surface area contributed by atoms with E-state index < -0.39 is 8.32 Å². The summed E-state index contributed by atoms with van der Waals surface area (Å²) in [6.45, 7) is 13.3. The SMILES string of the molecule is CC[C@H]1NC(=O)C[C@H]1O[Si](C)(C)C(C)(C)C. The lowest BCUT2D eigenvalue weighted by Gasteiger charge is -2.39. The maximum atomic E-state index is 11.4. The van der Waals surface area contributed by atoms with Gasteiger partial charge in [0.05, 0.1) is 18.6 Å². The van der Waals surface area contributed by atoms with Crippen LogP contribution in [-0.2, 0) is 9.22 Å². The van der Waals surface area contributed by atoms with Crippen molar-refractivity contribution in [2.45, 2.75) is 70.8 Å². The number of hydrogen-bond donors (Lipinski definition) is 1. The first-order valence-corrected chi connectivity index (χ1v) is 9.05. The number of nitrogens with one attached hydrogen (secondary N) is 1. The first-order chi connectivity index (χ1) is 7.17. The monoisotopic (exact) mass is 243 g/mol. The second-order valence-corrected chi connectivity index (χ2v) is 11.0. The Bertz CT molecular complexity index is 271. The molecule has 1 aliphatic heterocycles. The summed E-state index contributed by atoms with van der Waals surface area (Å²) in [5.74, 6) is 0.135. The van der Waals surface area contributed by atoms with Crippen molar-refractivity contribution in [3.8, 4) is 0 Å². The summed E-state index contributed by atoms with van der Waals surface area (Å²) in [6, 6.07) is 0.210. The van der Waals surface area contributed by atoms with Crippen molar-refractivity contribution in [1.82, 2.24) is 5.32 Å². The Morgan fingerprint density at radius 1 is 1.44 bits per heavy atom. The zero-order chi connectivity index (χ0) is 12.6. The van der Waals surface area contributed by atoms with E-state index in [1.807, 2.05) is 0 Å². The van der Waals surface area contributed by atoms with Crippen molar-refractivity contribution in [1.29, 1.82) is 0 Å². The zero-order valence-electron chi connectivity index (χ0n) is 11.4. The molecule has 0 radical (unpaired) electrons. The van der Waals surface area contributed by atoms with E-state index in [4.69, 9.17) is 4.43 Å². The molecule has 94 valence electrons. The molecule has 0 aliphatic carbocycles. The summed E-state index contributed by atoms with van der Waals surface area (Å²) in [5, 5.41) is 3.19. The second kappa shape index (κ2) is 4.49. The molecule has 0 spiro atoms. The molecule has 1 aliphatic rings. The molecule has 3 nitrogen and oxygen atoms in total. The average Bonchev–Trinajstić information content (AvgIpc) is 2.43. The highest BCUT2D eigenvalue weighted by Crippen LogP contribution is 2.38. The normalized spacial score (nSPS) is 27.0. The van der Waals surface area contributed by atoms with E-state index in [0.29, 0.717) is 6.42 Å². The molecule has 0 unspecified atom stereocenters. The van der Waals surface area contributed by atoms with Gasteiger partial charge in [-0.15, -0.1) is 0 Å². The van der Waals surface area contributed by atoms with Crippen LogP contribution >= 0.6 is 0 Å². The van der Waals surface area contributed by atoms with Crippen molar-refractivity contribution < 1.29 is 9.22 Å². The zero-order valence-corrected chi connectivity index (χ0v) is 12.4. The van der Waals surface area contributed by atoms with Crippen molar-refractivity contribution in [3.63, 3.8) is 0 Å². The van der Waals surface area contributed by atoms with E-state index in [2.05, 4.69) is 46.1 Å². The third-order valence-electron chi connectivity index (χ3n) is 3.87. The van der Waals surface area contributed by atoms with E-state index >= 15 is 0 Å². The average molecular weight is 243 g/mol. The summed E-state index contributed by atoms with van der Waals surface area (Å²) in [5.41, 5.74) is 0. The van der Waals surface area contributed by atoms with Gasteiger partial charge in [-0.1, -0.05) is 27.7 Å². The van der Waals surface area contributed by atoms with Gasteiger partial charge in [-0.2, -0.15) is 0 Å². The summed E-state index contributed by atoms with van der Waals surface area (Å²) in [6.07, 6.45) is 1.56. The van der Waals surface area contributed by atoms with Gasteiger partial charge in [0.25, 0.3) is 0 Å². The van der Waals surface area contributed by atoms with Gasteiger partial charge in [0.2, 0.25) is 5.91 Å². The predicted octanol–water partition coefficient (Wildman–Crippen LogP) is 2.68. The lowest BCUT2D eigenvalue weighted by molar-refractivity contribution is -0.119. The van der Waals surface area contributed by atoms with Crippen LogP contribution in [-0.4, -0.2) is 26.4 Å². The molecule has 1 fully saturated rings. The molecule has 1 rings (SSSR count). The molecule has 2 atom stereocenters. The smallest absolute Gasteiger partial charge is 0.222 e. The number of hydrogen-bond acceptors (Lipinski definition) is 2. The minimum absolute atomic E-state index is 0.0818. The molecular formula is C12H25NO2Si. The van der Waals surface area contributed by atoms with Gasteiger partial charge in [0.15, 0.2) is 8.32 Å². The number of amides is 1. The van der Waals surface area contributed by atoms with Gasteiger partial charge in [0.1, 0.15) is 0 Å². The van der Waals surface area contributed by atoms with Gasteiger partial charge in [0, 0.05) is 0 Å². The Balaban J connectivity index is 2.70. The van der Waals surface area contributed by atoms with Crippen LogP contribution in [0, 0.1) is 0 Å². The van der Waals surface area contributed by atoms with Gasteiger partial charge in [-0.3, -0.25) is 4.79 Å². The second-order valence-electron chi connectivity index (χ2n) is 6.20. The summed E-state index contributed by atoms with van der Waals surface area (Å²) in [7, 11) is -1.75. The first kappa shape index (κ1) is 13.7. The van der Waals surface area contributed by atoms with Gasteiger partial charge >= 0.3 is 0 Å². The fourth-order valence-corrected chi connectivity index (χ4v) is 3.09. The lowest BCUT2D eigenvalue weighted by Crippen LogP contribution is -2.46. The fourth-order valence-electron chi connectivity index (χ4n) is 1.73. The first-order valence-electron chi connectivity index (χ1n) is 6.14. The minimum Gasteiger partial charge on any atom is -0.411 e. The molecule has 1 heterocycles. The van der Waals surface area contributed by atoms with E-state index in [1.165, 1.54) is 0 Å². The van der Waals surface area contributed by atoms with Gasteiger partial charge in [-0.05, 0) is 24.6 Å². The highest BCUT2D eigenvalue weighted by atomic mass is 28.4. The van der Waals surface area contributed by atoms with Crippen LogP contribution in [0.5, 0.6) is 0 Å². The molecule has 0 saturated carbocycles. The Labute approximate surface area is 100 Å². The van der Waals surface area contributed by atoms with Crippen LogP contribution in [0.15, 0.2) is 0 Å².